The lowest BCUT2D eigenvalue weighted by atomic mass is 10.1. The Balaban J connectivity index is 1.45. The SMILES string of the molecule is C1=C(c2ccccc2)N=C(CCc2ncc3ccccc3n2)C1. The van der Waals surface area contributed by atoms with Crippen LogP contribution in [0.4, 0.5) is 0 Å². The minimum atomic E-state index is 0.833. The molecule has 112 valence electrons. The van der Waals surface area contributed by atoms with Gasteiger partial charge in [0, 0.05) is 30.1 Å². The van der Waals surface area contributed by atoms with Gasteiger partial charge in [-0.15, -0.1) is 0 Å². The number of para-hydroxylation sites is 1. The van der Waals surface area contributed by atoms with Crippen LogP contribution in [-0.4, -0.2) is 15.7 Å². The summed E-state index contributed by atoms with van der Waals surface area (Å²) in [4.78, 5) is 13.9. The molecule has 0 aliphatic carbocycles. The molecule has 0 spiro atoms. The summed E-state index contributed by atoms with van der Waals surface area (Å²) in [7, 11) is 0. The van der Waals surface area contributed by atoms with Crippen molar-refractivity contribution in [2.24, 2.45) is 4.99 Å². The highest BCUT2D eigenvalue weighted by Gasteiger charge is 2.11. The smallest absolute Gasteiger partial charge is 0.129 e. The second-order valence-corrected chi connectivity index (χ2v) is 5.68. The number of rotatable bonds is 4. The van der Waals surface area contributed by atoms with Crippen LogP contribution in [0.5, 0.6) is 0 Å². The van der Waals surface area contributed by atoms with Gasteiger partial charge in [-0.2, -0.15) is 0 Å². The van der Waals surface area contributed by atoms with E-state index in [1.807, 2.05) is 48.7 Å². The van der Waals surface area contributed by atoms with E-state index >= 15 is 0 Å². The van der Waals surface area contributed by atoms with Gasteiger partial charge in [0.25, 0.3) is 0 Å². The molecular formula is C20H17N3. The van der Waals surface area contributed by atoms with Gasteiger partial charge in [-0.1, -0.05) is 54.6 Å². The number of aromatic nitrogens is 2. The largest absolute Gasteiger partial charge is 0.257 e. The van der Waals surface area contributed by atoms with E-state index in [0.29, 0.717) is 0 Å². The monoisotopic (exact) mass is 299 g/mol. The molecule has 0 unspecified atom stereocenters. The van der Waals surface area contributed by atoms with E-state index in [2.05, 4.69) is 28.2 Å². The summed E-state index contributed by atoms with van der Waals surface area (Å²) in [6.07, 6.45) is 6.77. The summed E-state index contributed by atoms with van der Waals surface area (Å²) in [5.74, 6) is 0.888. The van der Waals surface area contributed by atoms with Gasteiger partial charge in [-0.25, -0.2) is 9.97 Å². The number of benzene rings is 2. The van der Waals surface area contributed by atoms with E-state index in [-0.39, 0.29) is 0 Å². The van der Waals surface area contributed by atoms with Gasteiger partial charge in [-0.3, -0.25) is 4.99 Å². The number of hydrogen-bond donors (Lipinski definition) is 0. The van der Waals surface area contributed by atoms with E-state index < -0.39 is 0 Å². The average molecular weight is 299 g/mol. The minimum Gasteiger partial charge on any atom is -0.257 e. The molecule has 3 aromatic rings. The number of nitrogens with zero attached hydrogens (tertiary/aromatic N) is 3. The van der Waals surface area contributed by atoms with Crippen molar-refractivity contribution in [2.45, 2.75) is 19.3 Å². The topological polar surface area (TPSA) is 38.1 Å². The standard InChI is InChI=1S/C20H17N3/c1-2-6-15(7-3-1)19-12-10-17(22-19)11-13-20-21-14-16-8-4-5-9-18(16)23-20/h1-9,12,14H,10-11,13H2. The van der Waals surface area contributed by atoms with Gasteiger partial charge in [0.2, 0.25) is 0 Å². The Kier molecular flexibility index (Phi) is 3.68. The second-order valence-electron chi connectivity index (χ2n) is 5.68. The summed E-state index contributed by atoms with van der Waals surface area (Å²) in [5.41, 5.74) is 4.49. The molecular weight excluding hydrogens is 282 g/mol. The van der Waals surface area contributed by atoms with E-state index in [0.717, 1.165) is 41.7 Å². The average Bonchev–Trinajstić information content (AvgIpc) is 3.10. The van der Waals surface area contributed by atoms with Crippen LogP contribution >= 0.6 is 0 Å². The van der Waals surface area contributed by atoms with Crippen molar-refractivity contribution in [3.63, 3.8) is 0 Å². The summed E-state index contributed by atoms with van der Waals surface area (Å²) in [6.45, 7) is 0. The zero-order valence-corrected chi connectivity index (χ0v) is 12.8. The Morgan fingerprint density at radius 2 is 1.70 bits per heavy atom. The molecule has 23 heavy (non-hydrogen) atoms. The van der Waals surface area contributed by atoms with Crippen LogP contribution < -0.4 is 0 Å². The number of hydrogen-bond acceptors (Lipinski definition) is 3. The first kappa shape index (κ1) is 13.8. The molecule has 3 heteroatoms. The van der Waals surface area contributed by atoms with Gasteiger partial charge in [0.05, 0.1) is 11.2 Å². The fraction of sp³-hybridized carbons (Fsp3) is 0.150. The fourth-order valence-corrected chi connectivity index (χ4v) is 2.81. The highest BCUT2D eigenvalue weighted by Crippen LogP contribution is 2.23. The number of aryl methyl sites for hydroxylation is 1. The van der Waals surface area contributed by atoms with Crippen LogP contribution in [0.15, 0.2) is 71.9 Å². The van der Waals surface area contributed by atoms with Gasteiger partial charge in [0.15, 0.2) is 0 Å². The molecule has 0 fully saturated rings. The Hall–Kier alpha value is -2.81. The maximum absolute atomic E-state index is 4.76. The van der Waals surface area contributed by atoms with Crippen LogP contribution in [0, 0.1) is 0 Å². The normalized spacial score (nSPS) is 13.9. The molecule has 2 heterocycles. The number of aliphatic imine (C=N–C) groups is 1. The summed E-state index contributed by atoms with van der Waals surface area (Å²) in [6, 6.07) is 18.4. The van der Waals surface area contributed by atoms with Gasteiger partial charge in [-0.05, 0) is 18.1 Å². The zero-order chi connectivity index (χ0) is 15.5. The minimum absolute atomic E-state index is 0.833. The lowest BCUT2D eigenvalue weighted by Crippen LogP contribution is -2.01. The maximum atomic E-state index is 4.76. The molecule has 0 atom stereocenters. The predicted molar refractivity (Wildman–Crippen MR) is 94.3 cm³/mol. The second kappa shape index (κ2) is 6.13. The number of allylic oxidation sites excluding steroid dienone is 1. The third-order valence-electron chi connectivity index (χ3n) is 4.06. The van der Waals surface area contributed by atoms with Crippen molar-refractivity contribution in [3.05, 3.63) is 78.3 Å². The van der Waals surface area contributed by atoms with Gasteiger partial charge < -0.3 is 0 Å². The van der Waals surface area contributed by atoms with E-state index in [1.165, 1.54) is 11.3 Å². The Bertz CT molecular complexity index is 895. The molecule has 0 bridgehead atoms. The quantitative estimate of drug-likeness (QED) is 0.714. The fourth-order valence-electron chi connectivity index (χ4n) is 2.81. The van der Waals surface area contributed by atoms with Crippen molar-refractivity contribution in [3.8, 4) is 0 Å². The highest BCUT2D eigenvalue weighted by atomic mass is 14.9. The highest BCUT2D eigenvalue weighted by molar-refractivity contribution is 5.95. The first-order chi connectivity index (χ1) is 11.4. The number of fused-ring (bicyclic) bond motifs is 1. The molecule has 3 nitrogen and oxygen atoms in total. The van der Waals surface area contributed by atoms with Crippen LogP contribution in [0.3, 0.4) is 0 Å². The van der Waals surface area contributed by atoms with Crippen LogP contribution in [0.1, 0.15) is 24.2 Å². The molecule has 0 amide bonds. The first-order valence-electron chi connectivity index (χ1n) is 7.91. The Morgan fingerprint density at radius 3 is 2.61 bits per heavy atom. The Labute approximate surface area is 135 Å². The molecule has 2 aromatic carbocycles. The molecule has 1 aliphatic rings. The predicted octanol–water partition coefficient (Wildman–Crippen LogP) is 4.45. The van der Waals surface area contributed by atoms with Gasteiger partial charge in [0.1, 0.15) is 5.82 Å². The molecule has 0 N–H and O–H groups in total. The summed E-state index contributed by atoms with van der Waals surface area (Å²) < 4.78 is 0. The van der Waals surface area contributed by atoms with Crippen molar-refractivity contribution < 1.29 is 0 Å². The molecule has 0 saturated carbocycles. The molecule has 1 aliphatic heterocycles. The zero-order valence-electron chi connectivity index (χ0n) is 12.8. The lowest BCUT2D eigenvalue weighted by molar-refractivity contribution is 0.908. The van der Waals surface area contributed by atoms with Crippen molar-refractivity contribution in [1.82, 2.24) is 9.97 Å². The third-order valence-corrected chi connectivity index (χ3v) is 4.06. The first-order valence-corrected chi connectivity index (χ1v) is 7.91. The molecule has 1 aromatic heterocycles. The summed E-state index contributed by atoms with van der Waals surface area (Å²) in [5, 5.41) is 1.09. The van der Waals surface area contributed by atoms with E-state index in [1.54, 1.807) is 0 Å². The molecule has 0 saturated heterocycles. The summed E-state index contributed by atoms with van der Waals surface area (Å²) >= 11 is 0. The molecule has 4 rings (SSSR count). The van der Waals surface area contributed by atoms with Crippen LogP contribution in [-0.2, 0) is 6.42 Å². The molecule has 0 radical (unpaired) electrons. The Morgan fingerprint density at radius 1 is 0.870 bits per heavy atom. The van der Waals surface area contributed by atoms with Crippen LogP contribution in [0.2, 0.25) is 0 Å². The maximum Gasteiger partial charge on any atom is 0.129 e. The van der Waals surface area contributed by atoms with E-state index in [4.69, 9.17) is 4.99 Å². The third kappa shape index (κ3) is 3.04. The van der Waals surface area contributed by atoms with Crippen LogP contribution in [0.25, 0.3) is 16.6 Å². The van der Waals surface area contributed by atoms with Crippen molar-refractivity contribution in [2.75, 3.05) is 0 Å². The van der Waals surface area contributed by atoms with Crippen molar-refractivity contribution in [1.29, 1.82) is 0 Å². The lowest BCUT2D eigenvalue weighted by Gasteiger charge is -2.02. The van der Waals surface area contributed by atoms with E-state index in [9.17, 15) is 0 Å². The van der Waals surface area contributed by atoms with Crippen molar-refractivity contribution >= 4 is 22.3 Å². The van der Waals surface area contributed by atoms with Gasteiger partial charge >= 0.3 is 0 Å².